The minimum atomic E-state index is -2.20. The van der Waals surface area contributed by atoms with Crippen molar-refractivity contribution in [2.24, 2.45) is 0 Å². The molecule has 9 heteroatoms. The van der Waals surface area contributed by atoms with E-state index in [1.165, 1.54) is 44.0 Å². The lowest BCUT2D eigenvalue weighted by atomic mass is 9.73. The van der Waals surface area contributed by atoms with E-state index in [1.54, 1.807) is 0 Å². The molecule has 0 N–H and O–H groups in total. The van der Waals surface area contributed by atoms with Crippen LogP contribution in [0.4, 0.5) is 11.4 Å². The van der Waals surface area contributed by atoms with Crippen LogP contribution >= 0.6 is 0 Å². The fourth-order valence-electron chi connectivity index (χ4n) is 2.91. The maximum atomic E-state index is 12.7. The highest BCUT2D eigenvalue weighted by Gasteiger charge is 2.59. The number of hydrogen-bond donors (Lipinski definition) is 0. The first-order chi connectivity index (χ1) is 11.8. The van der Waals surface area contributed by atoms with E-state index in [2.05, 4.69) is 0 Å². The standard InChI is InChI=1S/C16H18N2O7/c1-4-24-14(20)16(15(21)25-5-2)9-12(19)17(3)10-7-6-8-11(13(10)16)18(22)23/h6-8H,4-5,9H2,1-3H3. The summed E-state index contributed by atoms with van der Waals surface area (Å²) < 4.78 is 9.99. The second-order valence-electron chi connectivity index (χ2n) is 5.40. The second kappa shape index (κ2) is 6.88. The lowest BCUT2D eigenvalue weighted by Gasteiger charge is -2.37. The van der Waals surface area contributed by atoms with Gasteiger partial charge in [-0.3, -0.25) is 24.5 Å². The number of anilines is 1. The van der Waals surface area contributed by atoms with Crippen LogP contribution < -0.4 is 4.90 Å². The molecule has 1 aromatic rings. The first-order valence-electron chi connectivity index (χ1n) is 7.70. The number of esters is 2. The first-order valence-corrected chi connectivity index (χ1v) is 7.70. The Labute approximate surface area is 143 Å². The molecule has 0 atom stereocenters. The number of nitro groups is 1. The molecule has 1 aliphatic rings. The molecule has 0 unspecified atom stereocenters. The molecule has 0 saturated heterocycles. The number of ether oxygens (including phenoxy) is 2. The van der Waals surface area contributed by atoms with Gasteiger partial charge in [-0.05, 0) is 19.9 Å². The summed E-state index contributed by atoms with van der Waals surface area (Å²) in [6.45, 7) is 2.96. The molecule has 0 bridgehead atoms. The molecule has 0 saturated carbocycles. The summed E-state index contributed by atoms with van der Waals surface area (Å²) in [6, 6.07) is 4.00. The molecule has 0 aromatic heterocycles. The van der Waals surface area contributed by atoms with E-state index in [0.717, 1.165) is 0 Å². The Balaban J connectivity index is 2.87. The Morgan fingerprint density at radius 1 is 1.24 bits per heavy atom. The maximum absolute atomic E-state index is 12.7. The van der Waals surface area contributed by atoms with Gasteiger partial charge in [0.15, 0.2) is 0 Å². The predicted molar refractivity (Wildman–Crippen MR) is 86.1 cm³/mol. The highest BCUT2D eigenvalue weighted by molar-refractivity contribution is 6.16. The summed E-state index contributed by atoms with van der Waals surface area (Å²) in [5.74, 6) is -2.62. The zero-order chi connectivity index (χ0) is 18.8. The smallest absolute Gasteiger partial charge is 0.328 e. The van der Waals surface area contributed by atoms with Gasteiger partial charge in [0.05, 0.1) is 35.8 Å². The SMILES string of the molecule is CCOC(=O)C1(C(=O)OCC)CC(=O)N(C)c2cccc([N+](=O)[O-])c21. The van der Waals surface area contributed by atoms with E-state index in [9.17, 15) is 24.5 Å². The summed E-state index contributed by atoms with van der Waals surface area (Å²) in [6.07, 6.45) is -0.598. The van der Waals surface area contributed by atoms with Crippen LogP contribution in [0.5, 0.6) is 0 Å². The van der Waals surface area contributed by atoms with Crippen molar-refractivity contribution in [1.82, 2.24) is 0 Å². The van der Waals surface area contributed by atoms with Crippen molar-refractivity contribution < 1.29 is 28.8 Å². The number of hydrogen-bond acceptors (Lipinski definition) is 7. The molecular formula is C16H18N2O7. The molecule has 0 aliphatic carbocycles. The number of amides is 1. The fourth-order valence-corrected chi connectivity index (χ4v) is 2.91. The molecule has 0 spiro atoms. The summed E-state index contributed by atoms with van der Waals surface area (Å²) in [4.78, 5) is 49.8. The second-order valence-corrected chi connectivity index (χ2v) is 5.40. The van der Waals surface area contributed by atoms with Crippen molar-refractivity contribution >= 4 is 29.2 Å². The average molecular weight is 350 g/mol. The Morgan fingerprint density at radius 3 is 2.28 bits per heavy atom. The van der Waals surface area contributed by atoms with E-state index in [-0.39, 0.29) is 24.5 Å². The van der Waals surface area contributed by atoms with Gasteiger partial charge in [-0.15, -0.1) is 0 Å². The highest BCUT2D eigenvalue weighted by atomic mass is 16.6. The fraction of sp³-hybridized carbons (Fsp3) is 0.438. The van der Waals surface area contributed by atoms with Crippen molar-refractivity contribution in [3.63, 3.8) is 0 Å². The number of benzene rings is 1. The van der Waals surface area contributed by atoms with Crippen molar-refractivity contribution in [3.05, 3.63) is 33.9 Å². The van der Waals surface area contributed by atoms with Gasteiger partial charge >= 0.3 is 11.9 Å². The third-order valence-corrected chi connectivity index (χ3v) is 4.04. The van der Waals surface area contributed by atoms with Gasteiger partial charge in [0.2, 0.25) is 11.3 Å². The molecular weight excluding hydrogens is 332 g/mol. The lowest BCUT2D eigenvalue weighted by molar-refractivity contribution is -0.385. The lowest BCUT2D eigenvalue weighted by Crippen LogP contribution is -2.53. The van der Waals surface area contributed by atoms with Crippen LogP contribution in [-0.4, -0.2) is 43.0 Å². The van der Waals surface area contributed by atoms with E-state index >= 15 is 0 Å². The van der Waals surface area contributed by atoms with E-state index in [4.69, 9.17) is 9.47 Å². The van der Waals surface area contributed by atoms with Gasteiger partial charge in [0.25, 0.3) is 5.69 Å². The molecule has 1 aliphatic heterocycles. The van der Waals surface area contributed by atoms with Crippen molar-refractivity contribution in [3.8, 4) is 0 Å². The molecule has 25 heavy (non-hydrogen) atoms. The van der Waals surface area contributed by atoms with Gasteiger partial charge in [-0.2, -0.15) is 0 Å². The van der Waals surface area contributed by atoms with Crippen molar-refractivity contribution in [1.29, 1.82) is 0 Å². The van der Waals surface area contributed by atoms with Gasteiger partial charge in [-0.1, -0.05) is 6.07 Å². The summed E-state index contributed by atoms with van der Waals surface area (Å²) in [7, 11) is 1.42. The Hall–Kier alpha value is -2.97. The molecule has 0 fully saturated rings. The van der Waals surface area contributed by atoms with Crippen LogP contribution in [0.1, 0.15) is 25.8 Å². The monoisotopic (exact) mass is 350 g/mol. The molecule has 1 amide bonds. The Bertz CT molecular complexity index is 726. The van der Waals surface area contributed by atoms with Crippen LogP contribution in [0.3, 0.4) is 0 Å². The van der Waals surface area contributed by atoms with E-state index in [1.807, 2.05) is 0 Å². The van der Waals surface area contributed by atoms with Crippen LogP contribution in [0.2, 0.25) is 0 Å². The summed E-state index contributed by atoms with van der Waals surface area (Å²) in [5.41, 5.74) is -2.72. The Morgan fingerprint density at radius 2 is 1.80 bits per heavy atom. The summed E-state index contributed by atoms with van der Waals surface area (Å²) >= 11 is 0. The van der Waals surface area contributed by atoms with Crippen LogP contribution in [-0.2, 0) is 29.3 Å². The zero-order valence-electron chi connectivity index (χ0n) is 14.1. The predicted octanol–water partition coefficient (Wildman–Crippen LogP) is 1.33. The van der Waals surface area contributed by atoms with Crippen LogP contribution in [0, 0.1) is 10.1 Å². The Kier molecular flexibility index (Phi) is 5.05. The molecule has 134 valence electrons. The number of nitrogens with zero attached hydrogens (tertiary/aromatic N) is 2. The maximum Gasteiger partial charge on any atom is 0.328 e. The van der Waals surface area contributed by atoms with Crippen molar-refractivity contribution in [2.75, 3.05) is 25.2 Å². The number of rotatable bonds is 5. The number of carbonyl (C=O) groups is 3. The third kappa shape index (κ3) is 2.81. The van der Waals surface area contributed by atoms with Gasteiger partial charge in [0.1, 0.15) is 0 Å². The number of carbonyl (C=O) groups excluding carboxylic acids is 3. The molecule has 1 aromatic carbocycles. The third-order valence-electron chi connectivity index (χ3n) is 4.04. The van der Waals surface area contributed by atoms with E-state index in [0.29, 0.717) is 0 Å². The van der Waals surface area contributed by atoms with Crippen molar-refractivity contribution in [2.45, 2.75) is 25.7 Å². The minimum absolute atomic E-state index is 0.0556. The average Bonchev–Trinajstić information content (AvgIpc) is 2.57. The molecule has 0 radical (unpaired) electrons. The quantitative estimate of drug-likeness (QED) is 0.340. The van der Waals surface area contributed by atoms with Crippen LogP contribution in [0.15, 0.2) is 18.2 Å². The summed E-state index contributed by atoms with van der Waals surface area (Å²) in [5, 5.41) is 11.5. The molecule has 2 rings (SSSR count). The normalized spacial score (nSPS) is 15.3. The highest BCUT2D eigenvalue weighted by Crippen LogP contribution is 2.46. The number of nitro benzene ring substituents is 1. The van der Waals surface area contributed by atoms with Gasteiger partial charge in [-0.25, -0.2) is 0 Å². The van der Waals surface area contributed by atoms with Gasteiger partial charge < -0.3 is 14.4 Å². The zero-order valence-corrected chi connectivity index (χ0v) is 14.1. The first kappa shape index (κ1) is 18.4. The largest absolute Gasteiger partial charge is 0.465 e. The van der Waals surface area contributed by atoms with E-state index < -0.39 is 40.3 Å². The minimum Gasteiger partial charge on any atom is -0.465 e. The number of fused-ring (bicyclic) bond motifs is 1. The molecule has 1 heterocycles. The topological polar surface area (TPSA) is 116 Å². The molecule has 9 nitrogen and oxygen atoms in total. The van der Waals surface area contributed by atoms with Gasteiger partial charge in [0, 0.05) is 13.1 Å². The van der Waals surface area contributed by atoms with Crippen LogP contribution in [0.25, 0.3) is 0 Å².